The Morgan fingerprint density at radius 2 is 1.94 bits per heavy atom. The van der Waals surface area contributed by atoms with Gasteiger partial charge in [0.15, 0.2) is 0 Å². The summed E-state index contributed by atoms with van der Waals surface area (Å²) in [5.74, 6) is -0.856. The van der Waals surface area contributed by atoms with Crippen molar-refractivity contribution >= 4 is 12.1 Å². The van der Waals surface area contributed by atoms with Crippen LogP contribution in [0.3, 0.4) is 0 Å². The number of carboxylic acid groups (broad SMARTS) is 1. The van der Waals surface area contributed by atoms with Crippen molar-refractivity contribution in [2.75, 3.05) is 13.1 Å². The molecule has 1 saturated heterocycles. The molecule has 1 unspecified atom stereocenters. The topological polar surface area (TPSA) is 66.8 Å². The monoisotopic (exact) mass is 243 g/mol. The second-order valence-electron chi connectivity index (χ2n) is 5.87. The van der Waals surface area contributed by atoms with Crippen LogP contribution in [0.1, 0.15) is 40.5 Å². The number of carbonyl (C=O) groups is 2. The van der Waals surface area contributed by atoms with Gasteiger partial charge in [0.05, 0.1) is 5.41 Å². The lowest BCUT2D eigenvalue weighted by Crippen LogP contribution is -2.49. The molecular weight excluding hydrogens is 222 g/mol. The number of carboxylic acids is 1. The fourth-order valence-corrected chi connectivity index (χ4v) is 1.90. The number of nitrogens with zero attached hydrogens (tertiary/aromatic N) is 1. The van der Waals surface area contributed by atoms with Gasteiger partial charge in [-0.2, -0.15) is 0 Å². The van der Waals surface area contributed by atoms with Gasteiger partial charge in [-0.15, -0.1) is 0 Å². The first-order valence-electron chi connectivity index (χ1n) is 5.85. The summed E-state index contributed by atoms with van der Waals surface area (Å²) < 4.78 is 5.24. The van der Waals surface area contributed by atoms with Crippen molar-refractivity contribution in [3.63, 3.8) is 0 Å². The molecule has 1 aliphatic rings. The first kappa shape index (κ1) is 13.8. The third kappa shape index (κ3) is 3.61. The highest BCUT2D eigenvalue weighted by Crippen LogP contribution is 2.30. The average molecular weight is 243 g/mol. The minimum atomic E-state index is -0.856. The zero-order valence-corrected chi connectivity index (χ0v) is 10.9. The van der Waals surface area contributed by atoms with Gasteiger partial charge in [0.1, 0.15) is 5.60 Å². The van der Waals surface area contributed by atoms with E-state index < -0.39 is 23.1 Å². The Bertz CT molecular complexity index is 321. The molecule has 1 amide bonds. The van der Waals surface area contributed by atoms with Gasteiger partial charge in [-0.25, -0.2) is 4.79 Å². The van der Waals surface area contributed by atoms with Gasteiger partial charge in [0.2, 0.25) is 0 Å². The van der Waals surface area contributed by atoms with Crippen LogP contribution < -0.4 is 0 Å². The first-order chi connectivity index (χ1) is 7.64. The Balaban J connectivity index is 2.67. The van der Waals surface area contributed by atoms with Crippen LogP contribution in [0.2, 0.25) is 0 Å². The van der Waals surface area contributed by atoms with Gasteiger partial charge in [0, 0.05) is 13.1 Å². The normalized spacial score (nSPS) is 25.5. The van der Waals surface area contributed by atoms with Gasteiger partial charge in [-0.3, -0.25) is 4.79 Å². The zero-order valence-electron chi connectivity index (χ0n) is 10.9. The molecule has 1 atom stereocenters. The highest BCUT2D eigenvalue weighted by Gasteiger charge is 2.40. The van der Waals surface area contributed by atoms with Crippen LogP contribution in [0.25, 0.3) is 0 Å². The van der Waals surface area contributed by atoms with Crippen molar-refractivity contribution in [2.24, 2.45) is 5.41 Å². The summed E-state index contributed by atoms with van der Waals surface area (Å²) in [4.78, 5) is 24.5. The number of hydrogen-bond donors (Lipinski definition) is 1. The van der Waals surface area contributed by atoms with Crippen LogP contribution in [0, 0.1) is 5.41 Å². The number of ether oxygens (including phenoxy) is 1. The lowest BCUT2D eigenvalue weighted by atomic mass is 9.82. The summed E-state index contributed by atoms with van der Waals surface area (Å²) in [5, 5.41) is 9.15. The van der Waals surface area contributed by atoms with Crippen LogP contribution in [0.15, 0.2) is 0 Å². The molecule has 0 aromatic heterocycles. The second-order valence-corrected chi connectivity index (χ2v) is 5.87. The van der Waals surface area contributed by atoms with Gasteiger partial charge < -0.3 is 14.7 Å². The van der Waals surface area contributed by atoms with E-state index in [4.69, 9.17) is 9.84 Å². The number of hydrogen-bond acceptors (Lipinski definition) is 3. The Morgan fingerprint density at radius 1 is 1.35 bits per heavy atom. The molecule has 1 N–H and O–H groups in total. The molecule has 0 aromatic rings. The summed E-state index contributed by atoms with van der Waals surface area (Å²) in [6.45, 7) is 7.85. The quantitative estimate of drug-likeness (QED) is 0.766. The van der Waals surface area contributed by atoms with Crippen LogP contribution in [0.5, 0.6) is 0 Å². The van der Waals surface area contributed by atoms with Crippen LogP contribution >= 0.6 is 0 Å². The molecule has 98 valence electrons. The molecule has 5 nitrogen and oxygen atoms in total. The molecule has 1 fully saturated rings. The number of carbonyl (C=O) groups excluding carboxylic acids is 1. The van der Waals surface area contributed by atoms with E-state index in [1.165, 1.54) is 4.90 Å². The molecule has 17 heavy (non-hydrogen) atoms. The molecule has 0 aliphatic carbocycles. The predicted octanol–water partition coefficient (Wildman–Crippen LogP) is 2.11. The summed E-state index contributed by atoms with van der Waals surface area (Å²) in [6, 6.07) is 0. The predicted molar refractivity (Wildman–Crippen MR) is 62.8 cm³/mol. The molecule has 1 rings (SSSR count). The number of aliphatic carboxylic acids is 1. The third-order valence-corrected chi connectivity index (χ3v) is 2.86. The Kier molecular flexibility index (Phi) is 3.69. The molecule has 5 heteroatoms. The number of amides is 1. The third-order valence-electron chi connectivity index (χ3n) is 2.86. The highest BCUT2D eigenvalue weighted by atomic mass is 16.6. The molecule has 0 bridgehead atoms. The molecule has 1 heterocycles. The van der Waals surface area contributed by atoms with E-state index >= 15 is 0 Å². The number of rotatable bonds is 1. The van der Waals surface area contributed by atoms with Crippen molar-refractivity contribution in [3.05, 3.63) is 0 Å². The van der Waals surface area contributed by atoms with Crippen LogP contribution in [-0.2, 0) is 9.53 Å². The number of piperidine rings is 1. The fourth-order valence-electron chi connectivity index (χ4n) is 1.90. The fraction of sp³-hybridized carbons (Fsp3) is 0.833. The lowest BCUT2D eigenvalue weighted by molar-refractivity contribution is -0.150. The maximum absolute atomic E-state index is 11.8. The van der Waals surface area contributed by atoms with Gasteiger partial charge in [0.25, 0.3) is 0 Å². The van der Waals surface area contributed by atoms with Gasteiger partial charge >= 0.3 is 12.1 Å². The maximum atomic E-state index is 11.8. The lowest BCUT2D eigenvalue weighted by Gasteiger charge is -2.38. The van der Waals surface area contributed by atoms with E-state index in [1.807, 2.05) is 0 Å². The van der Waals surface area contributed by atoms with Crippen molar-refractivity contribution in [2.45, 2.75) is 46.1 Å². The van der Waals surface area contributed by atoms with E-state index in [0.717, 1.165) is 0 Å². The summed E-state index contributed by atoms with van der Waals surface area (Å²) >= 11 is 0. The van der Waals surface area contributed by atoms with E-state index in [2.05, 4.69) is 0 Å². The summed E-state index contributed by atoms with van der Waals surface area (Å²) in [5.41, 5.74) is -1.40. The Morgan fingerprint density at radius 3 is 2.41 bits per heavy atom. The molecule has 0 aromatic carbocycles. The second kappa shape index (κ2) is 4.55. The molecule has 0 radical (unpaired) electrons. The van der Waals surface area contributed by atoms with E-state index in [0.29, 0.717) is 19.4 Å². The average Bonchev–Trinajstić information content (AvgIpc) is 2.15. The summed E-state index contributed by atoms with van der Waals surface area (Å²) in [6.07, 6.45) is 0.869. The first-order valence-corrected chi connectivity index (χ1v) is 5.85. The minimum Gasteiger partial charge on any atom is -0.481 e. The van der Waals surface area contributed by atoms with E-state index in [1.54, 1.807) is 27.7 Å². The van der Waals surface area contributed by atoms with E-state index in [9.17, 15) is 9.59 Å². The minimum absolute atomic E-state index is 0.219. The summed E-state index contributed by atoms with van der Waals surface area (Å²) in [7, 11) is 0. The molecular formula is C12H21NO4. The maximum Gasteiger partial charge on any atom is 0.410 e. The molecule has 0 saturated carbocycles. The van der Waals surface area contributed by atoms with Gasteiger partial charge in [-0.05, 0) is 40.5 Å². The number of likely N-dealkylation sites (tertiary alicyclic amines) is 1. The Labute approximate surface area is 102 Å². The van der Waals surface area contributed by atoms with Crippen LogP contribution in [0.4, 0.5) is 4.79 Å². The van der Waals surface area contributed by atoms with Crippen molar-refractivity contribution < 1.29 is 19.4 Å². The Hall–Kier alpha value is -1.26. The highest BCUT2D eigenvalue weighted by molar-refractivity contribution is 5.76. The van der Waals surface area contributed by atoms with Crippen molar-refractivity contribution in [1.29, 1.82) is 0 Å². The van der Waals surface area contributed by atoms with Crippen molar-refractivity contribution in [1.82, 2.24) is 4.90 Å². The SMILES string of the molecule is CC(C)(C)OC(=O)N1CCCC(C)(C(=O)O)C1. The van der Waals surface area contributed by atoms with Gasteiger partial charge in [-0.1, -0.05) is 0 Å². The zero-order chi connectivity index (χ0) is 13.3. The van der Waals surface area contributed by atoms with E-state index in [-0.39, 0.29) is 6.54 Å². The molecule has 0 spiro atoms. The largest absolute Gasteiger partial charge is 0.481 e. The smallest absolute Gasteiger partial charge is 0.410 e. The standard InChI is InChI=1S/C12H21NO4/c1-11(2,3)17-10(16)13-7-5-6-12(4,8-13)9(14)15/h5-8H2,1-4H3,(H,14,15). The molecule has 1 aliphatic heterocycles. The van der Waals surface area contributed by atoms with Crippen molar-refractivity contribution in [3.8, 4) is 0 Å². The van der Waals surface area contributed by atoms with Crippen LogP contribution in [-0.4, -0.2) is 40.8 Å².